The van der Waals surface area contributed by atoms with Crippen LogP contribution in [-0.2, 0) is 0 Å². The summed E-state index contributed by atoms with van der Waals surface area (Å²) in [5.74, 6) is 5.34. The van der Waals surface area contributed by atoms with Gasteiger partial charge in [-0.15, -0.1) is 0 Å². The zero-order chi connectivity index (χ0) is 14.5. The van der Waals surface area contributed by atoms with Crippen molar-refractivity contribution in [2.45, 2.75) is 13.8 Å². The number of anilines is 2. The average Bonchev–Trinajstić information content (AvgIpc) is 2.48. The first-order chi connectivity index (χ1) is 9.67. The van der Waals surface area contributed by atoms with Crippen LogP contribution in [0.4, 0.5) is 11.4 Å². The number of rotatable bonds is 4. The molecule has 1 heterocycles. The maximum atomic E-state index is 12.7. The molecule has 0 atom stereocenters. The SMILES string of the molecule is CCN(C(=O)c1ccc(NN)cc1C)c1ccncc1. The van der Waals surface area contributed by atoms with Crippen molar-refractivity contribution in [1.82, 2.24) is 4.98 Å². The van der Waals surface area contributed by atoms with Crippen LogP contribution in [0.5, 0.6) is 0 Å². The van der Waals surface area contributed by atoms with Crippen LogP contribution in [0.1, 0.15) is 22.8 Å². The second kappa shape index (κ2) is 6.16. The summed E-state index contributed by atoms with van der Waals surface area (Å²) in [5, 5.41) is 0. The Bertz CT molecular complexity index is 598. The summed E-state index contributed by atoms with van der Waals surface area (Å²) in [6.07, 6.45) is 3.36. The van der Waals surface area contributed by atoms with Gasteiger partial charge in [0.15, 0.2) is 0 Å². The molecule has 0 saturated carbocycles. The third kappa shape index (κ3) is 2.78. The fourth-order valence-corrected chi connectivity index (χ4v) is 2.11. The van der Waals surface area contributed by atoms with Gasteiger partial charge in [-0.1, -0.05) is 0 Å². The van der Waals surface area contributed by atoms with E-state index < -0.39 is 0 Å². The summed E-state index contributed by atoms with van der Waals surface area (Å²) in [5.41, 5.74) is 5.76. The van der Waals surface area contributed by atoms with Gasteiger partial charge in [0.1, 0.15) is 0 Å². The van der Waals surface area contributed by atoms with Crippen molar-refractivity contribution in [3.05, 3.63) is 53.9 Å². The number of carbonyl (C=O) groups is 1. The van der Waals surface area contributed by atoms with Gasteiger partial charge in [0.05, 0.1) is 0 Å². The number of nitrogen functional groups attached to an aromatic ring is 1. The lowest BCUT2D eigenvalue weighted by Gasteiger charge is -2.22. The second-order valence-corrected chi connectivity index (χ2v) is 4.43. The highest BCUT2D eigenvalue weighted by Gasteiger charge is 2.17. The summed E-state index contributed by atoms with van der Waals surface area (Å²) in [4.78, 5) is 18.3. The molecule has 5 nitrogen and oxygen atoms in total. The molecule has 20 heavy (non-hydrogen) atoms. The zero-order valence-corrected chi connectivity index (χ0v) is 11.6. The van der Waals surface area contributed by atoms with Gasteiger partial charge in [0, 0.05) is 35.9 Å². The third-order valence-electron chi connectivity index (χ3n) is 3.16. The number of nitrogens with one attached hydrogen (secondary N) is 1. The number of nitrogens with zero attached hydrogens (tertiary/aromatic N) is 2. The Labute approximate surface area is 118 Å². The van der Waals surface area contributed by atoms with Crippen LogP contribution < -0.4 is 16.2 Å². The molecule has 0 aliphatic carbocycles. The van der Waals surface area contributed by atoms with E-state index in [1.807, 2.05) is 32.0 Å². The maximum Gasteiger partial charge on any atom is 0.258 e. The highest BCUT2D eigenvalue weighted by atomic mass is 16.2. The van der Waals surface area contributed by atoms with Gasteiger partial charge in [-0.2, -0.15) is 0 Å². The molecule has 2 rings (SSSR count). The standard InChI is InChI=1S/C15H18N4O/c1-3-19(13-6-8-17-9-7-13)15(20)14-5-4-12(18-16)10-11(14)2/h4-10,18H,3,16H2,1-2H3. The topological polar surface area (TPSA) is 71.2 Å². The Morgan fingerprint density at radius 2 is 2.00 bits per heavy atom. The lowest BCUT2D eigenvalue weighted by atomic mass is 10.1. The van der Waals surface area contributed by atoms with E-state index in [1.54, 1.807) is 29.4 Å². The summed E-state index contributed by atoms with van der Waals surface area (Å²) >= 11 is 0. The maximum absolute atomic E-state index is 12.7. The third-order valence-corrected chi connectivity index (χ3v) is 3.16. The van der Waals surface area contributed by atoms with Gasteiger partial charge in [-0.05, 0) is 49.7 Å². The van der Waals surface area contributed by atoms with Gasteiger partial charge in [0.2, 0.25) is 0 Å². The van der Waals surface area contributed by atoms with Crippen LogP contribution in [-0.4, -0.2) is 17.4 Å². The molecule has 3 N–H and O–H groups in total. The molecule has 1 amide bonds. The van der Waals surface area contributed by atoms with Crippen molar-refractivity contribution in [3.63, 3.8) is 0 Å². The number of nitrogens with two attached hydrogens (primary N) is 1. The highest BCUT2D eigenvalue weighted by Crippen LogP contribution is 2.20. The Morgan fingerprint density at radius 1 is 1.30 bits per heavy atom. The minimum Gasteiger partial charge on any atom is -0.324 e. The van der Waals surface area contributed by atoms with E-state index in [1.165, 1.54) is 0 Å². The van der Waals surface area contributed by atoms with E-state index in [0.717, 1.165) is 16.9 Å². The largest absolute Gasteiger partial charge is 0.324 e. The molecule has 0 saturated heterocycles. The quantitative estimate of drug-likeness (QED) is 0.661. The molecule has 0 spiro atoms. The molecule has 0 aliphatic heterocycles. The average molecular weight is 270 g/mol. The summed E-state index contributed by atoms with van der Waals surface area (Å²) in [6.45, 7) is 4.44. The molecule has 0 fully saturated rings. The number of amides is 1. The minimum absolute atomic E-state index is 0.0280. The van der Waals surface area contributed by atoms with Crippen LogP contribution >= 0.6 is 0 Å². The molecule has 0 unspecified atom stereocenters. The predicted octanol–water partition coefficient (Wildman–Crippen LogP) is 2.34. The summed E-state index contributed by atoms with van der Waals surface area (Å²) in [7, 11) is 0. The Balaban J connectivity index is 2.34. The Hall–Kier alpha value is -2.40. The fourth-order valence-electron chi connectivity index (χ4n) is 2.11. The van der Waals surface area contributed by atoms with Crippen molar-refractivity contribution in [2.24, 2.45) is 5.84 Å². The van der Waals surface area contributed by atoms with E-state index in [-0.39, 0.29) is 5.91 Å². The highest BCUT2D eigenvalue weighted by molar-refractivity contribution is 6.07. The van der Waals surface area contributed by atoms with E-state index in [9.17, 15) is 4.79 Å². The fraction of sp³-hybridized carbons (Fsp3) is 0.200. The zero-order valence-electron chi connectivity index (χ0n) is 11.6. The van der Waals surface area contributed by atoms with Gasteiger partial charge < -0.3 is 10.3 Å². The van der Waals surface area contributed by atoms with E-state index >= 15 is 0 Å². The first kappa shape index (κ1) is 14.0. The number of hydrazine groups is 1. The summed E-state index contributed by atoms with van der Waals surface area (Å²) in [6, 6.07) is 9.09. The number of aryl methyl sites for hydroxylation is 1. The lowest BCUT2D eigenvalue weighted by Crippen LogP contribution is -2.31. The molecule has 0 radical (unpaired) electrons. The van der Waals surface area contributed by atoms with Crippen LogP contribution in [0.25, 0.3) is 0 Å². The second-order valence-electron chi connectivity index (χ2n) is 4.43. The molecule has 0 aliphatic rings. The number of carbonyl (C=O) groups excluding carboxylic acids is 1. The summed E-state index contributed by atoms with van der Waals surface area (Å²) < 4.78 is 0. The molecule has 104 valence electrons. The lowest BCUT2D eigenvalue weighted by molar-refractivity contribution is 0.0988. The number of hydrogen-bond acceptors (Lipinski definition) is 4. The van der Waals surface area contributed by atoms with Crippen molar-refractivity contribution in [3.8, 4) is 0 Å². The Kier molecular flexibility index (Phi) is 4.32. The number of aromatic nitrogens is 1. The van der Waals surface area contributed by atoms with E-state index in [2.05, 4.69) is 10.4 Å². The number of benzene rings is 1. The van der Waals surface area contributed by atoms with Gasteiger partial charge in [-0.25, -0.2) is 0 Å². The molecule has 5 heteroatoms. The monoisotopic (exact) mass is 270 g/mol. The van der Waals surface area contributed by atoms with E-state index in [0.29, 0.717) is 12.1 Å². The molecular weight excluding hydrogens is 252 g/mol. The minimum atomic E-state index is -0.0280. The first-order valence-electron chi connectivity index (χ1n) is 6.46. The number of hydrogen-bond donors (Lipinski definition) is 2. The normalized spacial score (nSPS) is 10.2. The van der Waals surface area contributed by atoms with Crippen molar-refractivity contribution in [2.75, 3.05) is 16.9 Å². The smallest absolute Gasteiger partial charge is 0.258 e. The Morgan fingerprint density at radius 3 is 2.55 bits per heavy atom. The number of pyridine rings is 1. The van der Waals surface area contributed by atoms with Crippen LogP contribution in [0.15, 0.2) is 42.7 Å². The predicted molar refractivity (Wildman–Crippen MR) is 80.6 cm³/mol. The molecule has 0 bridgehead atoms. The van der Waals surface area contributed by atoms with Gasteiger partial charge in [0.25, 0.3) is 5.91 Å². The van der Waals surface area contributed by atoms with Gasteiger partial charge in [-0.3, -0.25) is 15.6 Å². The van der Waals surface area contributed by atoms with Crippen LogP contribution in [0.3, 0.4) is 0 Å². The van der Waals surface area contributed by atoms with Crippen molar-refractivity contribution < 1.29 is 4.79 Å². The molecule has 2 aromatic rings. The molecule has 1 aromatic carbocycles. The van der Waals surface area contributed by atoms with Crippen molar-refractivity contribution in [1.29, 1.82) is 0 Å². The van der Waals surface area contributed by atoms with E-state index in [4.69, 9.17) is 5.84 Å². The molecular formula is C15H18N4O. The molecule has 1 aromatic heterocycles. The first-order valence-corrected chi connectivity index (χ1v) is 6.46. The van der Waals surface area contributed by atoms with Crippen molar-refractivity contribution >= 4 is 17.3 Å². The van der Waals surface area contributed by atoms with Crippen LogP contribution in [0.2, 0.25) is 0 Å². The van der Waals surface area contributed by atoms with Crippen LogP contribution in [0, 0.1) is 6.92 Å². The van der Waals surface area contributed by atoms with Gasteiger partial charge >= 0.3 is 0 Å².